The number of carbonyl (C=O) groups excluding carboxylic acids is 1. The molecule has 0 N–H and O–H groups in total. The monoisotopic (exact) mass is 383 g/mol. The summed E-state index contributed by atoms with van der Waals surface area (Å²) in [6.07, 6.45) is 19.7. The van der Waals surface area contributed by atoms with Crippen LogP contribution >= 0.6 is 0 Å². The van der Waals surface area contributed by atoms with Gasteiger partial charge in [-0.15, -0.1) is 0 Å². The predicted molar refractivity (Wildman–Crippen MR) is 118 cm³/mol. The molecule has 3 heteroatoms. The SMILES string of the molecule is CCCCCCCCCCN(CCCCC)CCCC(=O)OCCCCC. The lowest BCUT2D eigenvalue weighted by atomic mass is 10.1. The Balaban J connectivity index is 3.81. The van der Waals surface area contributed by atoms with Crippen molar-refractivity contribution in [2.45, 2.75) is 124 Å². The van der Waals surface area contributed by atoms with E-state index in [1.54, 1.807) is 0 Å². The number of rotatable bonds is 21. The minimum Gasteiger partial charge on any atom is -0.466 e. The Hall–Kier alpha value is -0.570. The van der Waals surface area contributed by atoms with Gasteiger partial charge in [0.2, 0.25) is 0 Å². The molecule has 0 bridgehead atoms. The molecule has 0 unspecified atom stereocenters. The van der Waals surface area contributed by atoms with Crippen LogP contribution in [0.4, 0.5) is 0 Å². The summed E-state index contributed by atoms with van der Waals surface area (Å²) in [7, 11) is 0. The molecule has 0 aromatic heterocycles. The molecule has 162 valence electrons. The van der Waals surface area contributed by atoms with E-state index in [4.69, 9.17) is 4.74 Å². The molecule has 0 aliphatic heterocycles. The van der Waals surface area contributed by atoms with Gasteiger partial charge in [0.1, 0.15) is 0 Å². The van der Waals surface area contributed by atoms with E-state index in [9.17, 15) is 4.79 Å². The van der Waals surface area contributed by atoms with Crippen LogP contribution in [-0.4, -0.2) is 37.1 Å². The second-order valence-electron chi connectivity index (χ2n) is 8.05. The third-order valence-corrected chi connectivity index (χ3v) is 5.27. The molecule has 0 saturated heterocycles. The zero-order valence-corrected chi connectivity index (χ0v) is 18.9. The molecule has 0 aromatic carbocycles. The van der Waals surface area contributed by atoms with Gasteiger partial charge in [0.15, 0.2) is 0 Å². The second-order valence-corrected chi connectivity index (χ2v) is 8.05. The van der Waals surface area contributed by atoms with Crippen LogP contribution in [0.3, 0.4) is 0 Å². The Morgan fingerprint density at radius 3 is 1.67 bits per heavy atom. The van der Waals surface area contributed by atoms with Gasteiger partial charge < -0.3 is 9.64 Å². The van der Waals surface area contributed by atoms with Gasteiger partial charge in [-0.3, -0.25) is 4.79 Å². The van der Waals surface area contributed by atoms with Crippen molar-refractivity contribution in [2.24, 2.45) is 0 Å². The molecule has 0 heterocycles. The van der Waals surface area contributed by atoms with E-state index in [-0.39, 0.29) is 5.97 Å². The maximum absolute atomic E-state index is 11.8. The van der Waals surface area contributed by atoms with Crippen LogP contribution in [-0.2, 0) is 9.53 Å². The Kier molecular flexibility index (Phi) is 21.3. The quantitative estimate of drug-likeness (QED) is 0.156. The molecule has 0 fully saturated rings. The summed E-state index contributed by atoms with van der Waals surface area (Å²) in [5, 5.41) is 0. The van der Waals surface area contributed by atoms with Gasteiger partial charge in [0, 0.05) is 6.42 Å². The van der Waals surface area contributed by atoms with Gasteiger partial charge in [-0.2, -0.15) is 0 Å². The maximum atomic E-state index is 11.8. The van der Waals surface area contributed by atoms with Gasteiger partial charge in [0.05, 0.1) is 6.61 Å². The van der Waals surface area contributed by atoms with Crippen molar-refractivity contribution in [3.05, 3.63) is 0 Å². The average molecular weight is 384 g/mol. The zero-order chi connectivity index (χ0) is 20.0. The molecule has 0 aliphatic carbocycles. The molecular weight excluding hydrogens is 334 g/mol. The van der Waals surface area contributed by atoms with Crippen molar-refractivity contribution in [3.8, 4) is 0 Å². The summed E-state index contributed by atoms with van der Waals surface area (Å²) in [6, 6.07) is 0. The Morgan fingerprint density at radius 1 is 0.593 bits per heavy atom. The first-order chi connectivity index (χ1) is 13.2. The first-order valence-corrected chi connectivity index (χ1v) is 12.1. The van der Waals surface area contributed by atoms with Crippen molar-refractivity contribution < 1.29 is 9.53 Å². The van der Waals surface area contributed by atoms with Crippen molar-refractivity contribution in [2.75, 3.05) is 26.2 Å². The lowest BCUT2D eigenvalue weighted by Gasteiger charge is -2.22. The summed E-state index contributed by atoms with van der Waals surface area (Å²) in [5.74, 6) is -0.00769. The second kappa shape index (κ2) is 21.7. The van der Waals surface area contributed by atoms with Gasteiger partial charge in [0.25, 0.3) is 0 Å². The lowest BCUT2D eigenvalue weighted by molar-refractivity contribution is -0.143. The molecule has 0 atom stereocenters. The van der Waals surface area contributed by atoms with Crippen LogP contribution in [0.5, 0.6) is 0 Å². The number of ether oxygens (including phenoxy) is 1. The molecule has 27 heavy (non-hydrogen) atoms. The average Bonchev–Trinajstić information content (AvgIpc) is 2.67. The van der Waals surface area contributed by atoms with Gasteiger partial charge >= 0.3 is 5.97 Å². The largest absolute Gasteiger partial charge is 0.466 e. The fourth-order valence-electron chi connectivity index (χ4n) is 3.45. The molecule has 0 amide bonds. The van der Waals surface area contributed by atoms with E-state index in [0.29, 0.717) is 13.0 Å². The standard InChI is InChI=1S/C24H49NO2/c1-4-7-10-11-12-13-14-16-21-25(20-15-8-5-2)22-18-19-24(26)27-23-17-9-6-3/h4-23H2,1-3H3. The summed E-state index contributed by atoms with van der Waals surface area (Å²) in [5.41, 5.74) is 0. The first kappa shape index (κ1) is 26.4. The van der Waals surface area contributed by atoms with Gasteiger partial charge in [-0.1, -0.05) is 91.4 Å². The number of hydrogen-bond donors (Lipinski definition) is 0. The predicted octanol–water partition coefficient (Wildman–Crippen LogP) is 7.13. The van der Waals surface area contributed by atoms with Crippen LogP contribution in [0.25, 0.3) is 0 Å². The minimum absolute atomic E-state index is 0.00769. The summed E-state index contributed by atoms with van der Waals surface area (Å²) < 4.78 is 5.32. The fourth-order valence-corrected chi connectivity index (χ4v) is 3.45. The molecule has 0 spiro atoms. The smallest absolute Gasteiger partial charge is 0.305 e. The molecule has 0 saturated carbocycles. The Bertz CT molecular complexity index is 307. The topological polar surface area (TPSA) is 29.5 Å². The fraction of sp³-hybridized carbons (Fsp3) is 0.958. The van der Waals surface area contributed by atoms with Crippen molar-refractivity contribution in [1.29, 1.82) is 0 Å². The number of hydrogen-bond acceptors (Lipinski definition) is 3. The highest BCUT2D eigenvalue weighted by molar-refractivity contribution is 5.69. The molecule has 0 rings (SSSR count). The third-order valence-electron chi connectivity index (χ3n) is 5.27. The van der Waals surface area contributed by atoms with Crippen molar-refractivity contribution >= 4 is 5.97 Å². The molecule has 0 radical (unpaired) electrons. The summed E-state index contributed by atoms with van der Waals surface area (Å²) >= 11 is 0. The molecule has 0 aliphatic rings. The van der Waals surface area contributed by atoms with Crippen LogP contribution in [0.1, 0.15) is 124 Å². The van der Waals surface area contributed by atoms with E-state index in [0.717, 1.165) is 25.8 Å². The minimum atomic E-state index is -0.00769. The molecule has 3 nitrogen and oxygen atoms in total. The van der Waals surface area contributed by atoms with E-state index in [1.807, 2.05) is 0 Å². The Labute approximate surface area is 170 Å². The van der Waals surface area contributed by atoms with E-state index in [1.165, 1.54) is 90.1 Å². The van der Waals surface area contributed by atoms with E-state index in [2.05, 4.69) is 25.7 Å². The van der Waals surface area contributed by atoms with E-state index >= 15 is 0 Å². The number of unbranched alkanes of at least 4 members (excludes halogenated alkanes) is 11. The van der Waals surface area contributed by atoms with Crippen LogP contribution in [0.2, 0.25) is 0 Å². The van der Waals surface area contributed by atoms with Crippen LogP contribution in [0.15, 0.2) is 0 Å². The zero-order valence-electron chi connectivity index (χ0n) is 18.9. The van der Waals surface area contributed by atoms with Gasteiger partial charge in [-0.25, -0.2) is 0 Å². The number of nitrogens with zero attached hydrogens (tertiary/aromatic N) is 1. The third kappa shape index (κ3) is 20.0. The molecule has 0 aromatic rings. The molecular formula is C24H49NO2. The van der Waals surface area contributed by atoms with Crippen LogP contribution in [0, 0.1) is 0 Å². The lowest BCUT2D eigenvalue weighted by Crippen LogP contribution is -2.28. The van der Waals surface area contributed by atoms with Crippen molar-refractivity contribution in [1.82, 2.24) is 4.90 Å². The Morgan fingerprint density at radius 2 is 1.04 bits per heavy atom. The summed E-state index contributed by atoms with van der Waals surface area (Å²) in [4.78, 5) is 14.4. The van der Waals surface area contributed by atoms with Crippen molar-refractivity contribution in [3.63, 3.8) is 0 Å². The van der Waals surface area contributed by atoms with E-state index < -0.39 is 0 Å². The maximum Gasteiger partial charge on any atom is 0.305 e. The first-order valence-electron chi connectivity index (χ1n) is 12.1. The highest BCUT2D eigenvalue weighted by atomic mass is 16.5. The highest BCUT2D eigenvalue weighted by Crippen LogP contribution is 2.10. The normalized spacial score (nSPS) is 11.3. The number of carbonyl (C=O) groups is 1. The highest BCUT2D eigenvalue weighted by Gasteiger charge is 2.08. The summed E-state index contributed by atoms with van der Waals surface area (Å²) in [6.45, 7) is 10.7. The van der Waals surface area contributed by atoms with Crippen LogP contribution < -0.4 is 0 Å². The number of esters is 1. The van der Waals surface area contributed by atoms with Gasteiger partial charge in [-0.05, 0) is 45.3 Å².